The van der Waals surface area contributed by atoms with Gasteiger partial charge in [0, 0.05) is 0 Å². The van der Waals surface area contributed by atoms with Crippen molar-refractivity contribution < 1.29 is 15.3 Å². The van der Waals surface area contributed by atoms with Crippen LogP contribution in [0.2, 0.25) is 0 Å². The first-order chi connectivity index (χ1) is 14.0. The second kappa shape index (κ2) is 8.03. The molecule has 4 rings (SSSR count). The Balaban J connectivity index is 1.47. The lowest BCUT2D eigenvalue weighted by Crippen LogP contribution is -2.59. The van der Waals surface area contributed by atoms with Gasteiger partial charge in [-0.3, -0.25) is 0 Å². The molecule has 0 heterocycles. The molecule has 0 aromatic carbocycles. The van der Waals surface area contributed by atoms with Crippen LogP contribution in [0.15, 0.2) is 0 Å². The molecule has 0 aromatic rings. The first kappa shape index (κ1) is 23.1. The zero-order chi connectivity index (χ0) is 21.9. The van der Waals surface area contributed by atoms with Crippen LogP contribution in [0.3, 0.4) is 0 Å². The minimum atomic E-state index is -0.539. The average Bonchev–Trinajstić information content (AvgIpc) is 2.99. The molecule has 0 bridgehead atoms. The molecule has 0 spiro atoms. The van der Waals surface area contributed by atoms with Gasteiger partial charge in [0.1, 0.15) is 0 Å². The Morgan fingerprint density at radius 1 is 0.967 bits per heavy atom. The molecule has 3 N–H and O–H groups in total. The predicted molar refractivity (Wildman–Crippen MR) is 122 cm³/mol. The zero-order valence-electron chi connectivity index (χ0n) is 20.2. The molecule has 30 heavy (non-hydrogen) atoms. The van der Waals surface area contributed by atoms with Crippen molar-refractivity contribution in [2.24, 2.45) is 46.3 Å². The number of rotatable bonds is 5. The van der Waals surface area contributed by atoms with E-state index in [1.165, 1.54) is 44.9 Å². The van der Waals surface area contributed by atoms with Gasteiger partial charge in [0.15, 0.2) is 0 Å². The van der Waals surface area contributed by atoms with E-state index in [0.29, 0.717) is 23.7 Å². The molecule has 10 atom stereocenters. The number of aliphatic hydroxyl groups excluding tert-OH is 2. The van der Waals surface area contributed by atoms with E-state index in [1.54, 1.807) is 0 Å². The van der Waals surface area contributed by atoms with Crippen LogP contribution < -0.4 is 0 Å². The molecule has 4 fully saturated rings. The molecule has 0 amide bonds. The monoisotopic (exact) mass is 420 g/mol. The molecular weight excluding hydrogens is 372 g/mol. The number of fused-ring (bicyclic) bond motifs is 5. The molecule has 4 saturated carbocycles. The average molecular weight is 421 g/mol. The van der Waals surface area contributed by atoms with Gasteiger partial charge < -0.3 is 15.3 Å². The van der Waals surface area contributed by atoms with Gasteiger partial charge in [-0.25, -0.2) is 0 Å². The lowest BCUT2D eigenvalue weighted by Gasteiger charge is -2.62. The van der Waals surface area contributed by atoms with Gasteiger partial charge in [-0.2, -0.15) is 0 Å². The van der Waals surface area contributed by atoms with Crippen molar-refractivity contribution in [1.82, 2.24) is 0 Å². The maximum Gasteiger partial charge on any atom is 0.0623 e. The Kier molecular flexibility index (Phi) is 6.17. The van der Waals surface area contributed by atoms with Crippen LogP contribution in [0, 0.1) is 46.3 Å². The maximum atomic E-state index is 11.1. The highest BCUT2D eigenvalue weighted by Crippen LogP contribution is 2.68. The lowest BCUT2D eigenvalue weighted by atomic mass is 9.43. The second-order valence-corrected chi connectivity index (χ2v) is 13.1. The van der Waals surface area contributed by atoms with E-state index in [2.05, 4.69) is 20.8 Å². The van der Waals surface area contributed by atoms with E-state index in [9.17, 15) is 15.3 Å². The van der Waals surface area contributed by atoms with Crippen LogP contribution in [0.4, 0.5) is 0 Å². The van der Waals surface area contributed by atoms with Crippen molar-refractivity contribution >= 4 is 0 Å². The van der Waals surface area contributed by atoms with Crippen molar-refractivity contribution in [3.05, 3.63) is 0 Å². The molecular formula is C27H48O3. The molecule has 3 heteroatoms. The third-order valence-electron chi connectivity index (χ3n) is 10.9. The zero-order valence-corrected chi connectivity index (χ0v) is 20.2. The summed E-state index contributed by atoms with van der Waals surface area (Å²) >= 11 is 0. The first-order valence-corrected chi connectivity index (χ1v) is 13.1. The van der Waals surface area contributed by atoms with E-state index >= 15 is 0 Å². The maximum absolute atomic E-state index is 11.1. The van der Waals surface area contributed by atoms with Gasteiger partial charge in [0.25, 0.3) is 0 Å². The van der Waals surface area contributed by atoms with Crippen LogP contribution >= 0.6 is 0 Å². The van der Waals surface area contributed by atoms with E-state index in [0.717, 1.165) is 42.9 Å². The molecule has 0 radical (unpaired) electrons. The Labute approximate surface area is 185 Å². The minimum Gasteiger partial charge on any atom is -0.393 e. The summed E-state index contributed by atoms with van der Waals surface area (Å²) in [5.74, 6) is 4.27. The molecule has 4 aliphatic rings. The fraction of sp³-hybridized carbons (Fsp3) is 1.00. The Morgan fingerprint density at radius 2 is 1.70 bits per heavy atom. The Hall–Kier alpha value is -0.120. The van der Waals surface area contributed by atoms with Gasteiger partial charge in [-0.05, 0) is 118 Å². The lowest BCUT2D eigenvalue weighted by molar-refractivity contribution is -0.182. The number of aliphatic hydroxyl groups is 3. The van der Waals surface area contributed by atoms with Crippen molar-refractivity contribution in [3.63, 3.8) is 0 Å². The van der Waals surface area contributed by atoms with Crippen LogP contribution in [-0.4, -0.2) is 33.1 Å². The minimum absolute atomic E-state index is 0.0138. The third-order valence-corrected chi connectivity index (χ3v) is 10.9. The van der Waals surface area contributed by atoms with Crippen molar-refractivity contribution in [2.45, 2.75) is 123 Å². The summed E-state index contributed by atoms with van der Waals surface area (Å²) in [5, 5.41) is 31.4. The van der Waals surface area contributed by atoms with Gasteiger partial charge in [-0.15, -0.1) is 0 Å². The van der Waals surface area contributed by atoms with Gasteiger partial charge in [-0.1, -0.05) is 33.6 Å². The summed E-state index contributed by atoms with van der Waals surface area (Å²) in [6.45, 7) is 11.3. The van der Waals surface area contributed by atoms with E-state index in [4.69, 9.17) is 0 Å². The van der Waals surface area contributed by atoms with E-state index in [-0.39, 0.29) is 17.6 Å². The summed E-state index contributed by atoms with van der Waals surface area (Å²) in [6, 6.07) is 0. The molecule has 0 aliphatic heterocycles. The molecule has 0 aromatic heterocycles. The second-order valence-electron chi connectivity index (χ2n) is 13.1. The standard InChI is InChI=1S/C27H48O3/c1-17(7-6-13-25(2,3)30)21-10-11-22-20-9-8-18-15-19(28)16-24(29)27(18,5)23(20)12-14-26(21,22)4/h17-24,28-30H,6-16H2,1-5H3/t17-,18?,19?,20+,21-,22+,23+,24?,26-,27+/m1/s1. The van der Waals surface area contributed by atoms with Crippen LogP contribution in [-0.2, 0) is 0 Å². The summed E-state index contributed by atoms with van der Waals surface area (Å²) in [5.41, 5.74) is -0.0695. The summed E-state index contributed by atoms with van der Waals surface area (Å²) in [7, 11) is 0. The highest BCUT2D eigenvalue weighted by Gasteiger charge is 2.62. The SMILES string of the molecule is C[C@H](CCCC(C)(C)O)[C@H]1CC[C@H]2[C@@H]3CCC4CC(O)CC(O)[C@]4(C)[C@H]3CC[C@]12C. The molecule has 4 aliphatic carbocycles. The topological polar surface area (TPSA) is 60.7 Å². The van der Waals surface area contributed by atoms with Crippen LogP contribution in [0.5, 0.6) is 0 Å². The molecule has 0 saturated heterocycles. The normalized spacial score (nSPS) is 49.8. The summed E-state index contributed by atoms with van der Waals surface area (Å²) in [6.07, 6.45) is 12.0. The summed E-state index contributed by atoms with van der Waals surface area (Å²) < 4.78 is 0. The van der Waals surface area contributed by atoms with E-state index in [1.807, 2.05) is 13.8 Å². The fourth-order valence-electron chi connectivity index (χ4n) is 9.33. The van der Waals surface area contributed by atoms with E-state index < -0.39 is 5.60 Å². The van der Waals surface area contributed by atoms with Gasteiger partial charge >= 0.3 is 0 Å². The first-order valence-electron chi connectivity index (χ1n) is 13.1. The third kappa shape index (κ3) is 3.79. The highest BCUT2D eigenvalue weighted by molar-refractivity contribution is 5.11. The molecule has 174 valence electrons. The number of hydrogen-bond donors (Lipinski definition) is 3. The predicted octanol–water partition coefficient (Wildman–Crippen LogP) is 5.55. The largest absolute Gasteiger partial charge is 0.393 e. The van der Waals surface area contributed by atoms with Gasteiger partial charge in [0.2, 0.25) is 0 Å². The van der Waals surface area contributed by atoms with Crippen LogP contribution in [0.1, 0.15) is 105 Å². The Morgan fingerprint density at radius 3 is 2.40 bits per heavy atom. The fourth-order valence-corrected chi connectivity index (χ4v) is 9.33. The van der Waals surface area contributed by atoms with Crippen molar-refractivity contribution in [2.75, 3.05) is 0 Å². The van der Waals surface area contributed by atoms with Gasteiger partial charge in [0.05, 0.1) is 17.8 Å². The van der Waals surface area contributed by atoms with Crippen LogP contribution in [0.25, 0.3) is 0 Å². The highest BCUT2D eigenvalue weighted by atomic mass is 16.3. The van der Waals surface area contributed by atoms with Crippen molar-refractivity contribution in [1.29, 1.82) is 0 Å². The quantitative estimate of drug-likeness (QED) is 0.546. The summed E-state index contributed by atoms with van der Waals surface area (Å²) in [4.78, 5) is 0. The molecule has 3 unspecified atom stereocenters. The van der Waals surface area contributed by atoms with Crippen molar-refractivity contribution in [3.8, 4) is 0 Å². The number of hydrogen-bond acceptors (Lipinski definition) is 3. The Bertz CT molecular complexity index is 612. The molecule has 3 nitrogen and oxygen atoms in total. The smallest absolute Gasteiger partial charge is 0.0623 e.